The minimum Gasteiger partial charge on any atom is -0.457 e. The number of rotatable bonds is 2. The topological polar surface area (TPSA) is 47.8 Å². The van der Waals surface area contributed by atoms with Gasteiger partial charge in [0.25, 0.3) is 0 Å². The highest BCUT2D eigenvalue weighted by Crippen LogP contribution is 2.52. The molecule has 0 aromatic carbocycles. The van der Waals surface area contributed by atoms with Crippen LogP contribution < -0.4 is 4.90 Å². The Morgan fingerprint density at radius 1 is 1.32 bits per heavy atom. The summed E-state index contributed by atoms with van der Waals surface area (Å²) in [6, 6.07) is 0. The first-order chi connectivity index (χ1) is 11.9. The van der Waals surface area contributed by atoms with E-state index in [9.17, 15) is 9.59 Å². The van der Waals surface area contributed by atoms with Gasteiger partial charge in [-0.3, -0.25) is 9.59 Å². The van der Waals surface area contributed by atoms with Gasteiger partial charge >= 0.3 is 5.97 Å². The van der Waals surface area contributed by atoms with Crippen LogP contribution >= 0.6 is 0 Å². The maximum atomic E-state index is 12.7. The van der Waals surface area contributed by atoms with Gasteiger partial charge < -0.3 is 9.64 Å². The minimum atomic E-state index is -0.188. The summed E-state index contributed by atoms with van der Waals surface area (Å²) in [4.78, 5) is 26.5. The molecule has 136 valence electrons. The number of quaternary nitrogens is 1. The number of carbonyl (C=O) groups excluding carboxylic acids is 2. The van der Waals surface area contributed by atoms with Crippen molar-refractivity contribution >= 4 is 11.8 Å². The molecule has 3 fully saturated rings. The van der Waals surface area contributed by atoms with Gasteiger partial charge in [-0.1, -0.05) is 19.9 Å². The van der Waals surface area contributed by atoms with E-state index in [1.54, 1.807) is 11.0 Å². The summed E-state index contributed by atoms with van der Waals surface area (Å²) in [5.41, 5.74) is 1.75. The van der Waals surface area contributed by atoms with Gasteiger partial charge in [0.15, 0.2) is 5.78 Å². The summed E-state index contributed by atoms with van der Waals surface area (Å²) in [7, 11) is 0. The molecule has 2 heterocycles. The van der Waals surface area contributed by atoms with E-state index in [1.165, 1.54) is 25.9 Å². The number of piperidine rings is 1. The zero-order chi connectivity index (χ0) is 17.8. The number of hydrogen-bond acceptors (Lipinski definition) is 3. The lowest BCUT2D eigenvalue weighted by molar-refractivity contribution is -0.911. The standard InChI is InChI=1S/C21H29NO3/c1-13-5-4-10-22(11-13)12-16-15-6-8-21(3)9-7-17(23)14(2)18(21)19(15)25-20(16)24/h7,9,13,15-16,19H,4-6,8,10-12H2,1-3H3/p+1/t13-,15-,16-,19-,21-/m0/s1. The molecular weight excluding hydrogens is 314 g/mol. The van der Waals surface area contributed by atoms with Crippen molar-refractivity contribution in [3.05, 3.63) is 23.3 Å². The highest BCUT2D eigenvalue weighted by molar-refractivity contribution is 6.05. The second-order valence-electron chi connectivity index (χ2n) is 8.98. The van der Waals surface area contributed by atoms with E-state index >= 15 is 0 Å². The zero-order valence-corrected chi connectivity index (χ0v) is 15.6. The molecule has 0 amide bonds. The molecule has 1 unspecified atom stereocenters. The van der Waals surface area contributed by atoms with Crippen LogP contribution in [0, 0.1) is 23.2 Å². The summed E-state index contributed by atoms with van der Waals surface area (Å²) < 4.78 is 5.90. The number of hydrogen-bond donors (Lipinski definition) is 1. The van der Waals surface area contributed by atoms with Crippen LogP contribution in [0.4, 0.5) is 0 Å². The van der Waals surface area contributed by atoms with E-state index in [2.05, 4.69) is 13.8 Å². The number of allylic oxidation sites excluding steroid dienone is 3. The lowest BCUT2D eigenvalue weighted by Crippen LogP contribution is -3.14. The van der Waals surface area contributed by atoms with Crippen LogP contribution in [0.2, 0.25) is 0 Å². The Hall–Kier alpha value is -1.42. The molecular formula is C21H30NO3+. The van der Waals surface area contributed by atoms with Crippen LogP contribution in [0.5, 0.6) is 0 Å². The van der Waals surface area contributed by atoms with Gasteiger partial charge in [0, 0.05) is 22.8 Å². The first-order valence-corrected chi connectivity index (χ1v) is 9.88. The van der Waals surface area contributed by atoms with Crippen LogP contribution in [0.1, 0.15) is 46.5 Å². The van der Waals surface area contributed by atoms with E-state index in [0.717, 1.165) is 36.5 Å². The van der Waals surface area contributed by atoms with E-state index in [0.29, 0.717) is 0 Å². The Labute approximate surface area is 150 Å². The van der Waals surface area contributed by atoms with Crippen LogP contribution in [-0.4, -0.2) is 37.5 Å². The second kappa shape index (κ2) is 6.08. The second-order valence-corrected chi connectivity index (χ2v) is 8.98. The summed E-state index contributed by atoms with van der Waals surface area (Å²) in [5, 5.41) is 0. The van der Waals surface area contributed by atoms with E-state index in [-0.39, 0.29) is 35.1 Å². The Morgan fingerprint density at radius 2 is 2.12 bits per heavy atom. The SMILES string of the molecule is CC1=C2[C@H]3OC(=O)[C@@H](C[NH+]4CCC[C@H](C)C4)[C@@H]3CC[C@@]2(C)C=CC1=O. The third-order valence-electron chi connectivity index (χ3n) is 7.10. The molecule has 1 N–H and O–H groups in total. The number of fused-ring (bicyclic) bond motifs is 3. The molecule has 4 nitrogen and oxygen atoms in total. The predicted octanol–water partition coefficient (Wildman–Crippen LogP) is 1.71. The lowest BCUT2D eigenvalue weighted by atomic mass is 9.61. The number of carbonyl (C=O) groups is 2. The third-order valence-corrected chi connectivity index (χ3v) is 7.10. The minimum absolute atomic E-state index is 0.00356. The van der Waals surface area contributed by atoms with Gasteiger partial charge in [-0.25, -0.2) is 0 Å². The number of nitrogens with one attached hydrogen (secondary N) is 1. The van der Waals surface area contributed by atoms with Gasteiger partial charge in [-0.05, 0) is 44.3 Å². The van der Waals surface area contributed by atoms with Crippen LogP contribution in [0.3, 0.4) is 0 Å². The van der Waals surface area contributed by atoms with Crippen LogP contribution in [0.15, 0.2) is 23.3 Å². The van der Waals surface area contributed by atoms with Crippen molar-refractivity contribution in [2.75, 3.05) is 19.6 Å². The van der Waals surface area contributed by atoms with Crippen molar-refractivity contribution in [3.8, 4) is 0 Å². The van der Waals surface area contributed by atoms with Gasteiger partial charge in [0.1, 0.15) is 12.0 Å². The quantitative estimate of drug-likeness (QED) is 0.776. The smallest absolute Gasteiger partial charge is 0.315 e. The summed E-state index contributed by atoms with van der Waals surface area (Å²) in [5.74, 6) is 1.03. The van der Waals surface area contributed by atoms with E-state index in [4.69, 9.17) is 4.74 Å². The average Bonchev–Trinajstić information content (AvgIpc) is 2.87. The van der Waals surface area contributed by atoms with Gasteiger partial charge in [-0.15, -0.1) is 0 Å². The molecule has 4 heteroatoms. The highest BCUT2D eigenvalue weighted by Gasteiger charge is 2.55. The zero-order valence-electron chi connectivity index (χ0n) is 15.6. The molecule has 6 atom stereocenters. The predicted molar refractivity (Wildman–Crippen MR) is 95.0 cm³/mol. The van der Waals surface area contributed by atoms with Crippen molar-refractivity contribution in [3.63, 3.8) is 0 Å². The Morgan fingerprint density at radius 3 is 2.88 bits per heavy atom. The lowest BCUT2D eigenvalue weighted by Gasteiger charge is -2.43. The van der Waals surface area contributed by atoms with Gasteiger partial charge in [-0.2, -0.15) is 0 Å². The normalized spacial score (nSPS) is 43.7. The van der Waals surface area contributed by atoms with Gasteiger partial charge in [0.05, 0.1) is 19.6 Å². The average molecular weight is 344 g/mol. The fraction of sp³-hybridized carbons (Fsp3) is 0.714. The molecule has 4 rings (SSSR count). The molecule has 4 aliphatic rings. The molecule has 2 saturated heterocycles. The molecule has 0 spiro atoms. The van der Waals surface area contributed by atoms with Crippen LogP contribution in [-0.2, 0) is 14.3 Å². The first-order valence-electron chi connectivity index (χ1n) is 9.88. The van der Waals surface area contributed by atoms with Crippen molar-refractivity contribution in [1.82, 2.24) is 0 Å². The fourth-order valence-electron chi connectivity index (χ4n) is 5.70. The Kier molecular flexibility index (Phi) is 4.14. The van der Waals surface area contributed by atoms with Crippen molar-refractivity contribution < 1.29 is 19.2 Å². The molecule has 1 saturated carbocycles. The third kappa shape index (κ3) is 2.79. The maximum Gasteiger partial charge on any atom is 0.315 e. The molecule has 0 aromatic rings. The first kappa shape index (κ1) is 17.0. The number of ketones is 1. The van der Waals surface area contributed by atoms with E-state index < -0.39 is 0 Å². The Balaban J connectivity index is 1.58. The summed E-state index contributed by atoms with van der Waals surface area (Å²) >= 11 is 0. The summed E-state index contributed by atoms with van der Waals surface area (Å²) in [6.45, 7) is 9.64. The fourth-order valence-corrected chi connectivity index (χ4v) is 5.70. The molecule has 25 heavy (non-hydrogen) atoms. The van der Waals surface area contributed by atoms with Crippen molar-refractivity contribution in [2.24, 2.45) is 23.2 Å². The molecule has 2 aliphatic carbocycles. The van der Waals surface area contributed by atoms with Gasteiger partial charge in [0.2, 0.25) is 0 Å². The molecule has 0 bridgehead atoms. The monoisotopic (exact) mass is 344 g/mol. The summed E-state index contributed by atoms with van der Waals surface area (Å²) in [6.07, 6.45) is 8.13. The van der Waals surface area contributed by atoms with Crippen molar-refractivity contribution in [2.45, 2.75) is 52.6 Å². The molecule has 2 aliphatic heterocycles. The molecule has 0 aromatic heterocycles. The van der Waals surface area contributed by atoms with Crippen LogP contribution in [0.25, 0.3) is 0 Å². The number of ether oxygens (including phenoxy) is 1. The maximum absolute atomic E-state index is 12.7. The van der Waals surface area contributed by atoms with Crippen molar-refractivity contribution in [1.29, 1.82) is 0 Å². The largest absolute Gasteiger partial charge is 0.457 e. The number of likely N-dealkylation sites (tertiary alicyclic amines) is 1. The molecule has 0 radical (unpaired) electrons. The number of esters is 1. The Bertz CT molecular complexity index is 664. The highest BCUT2D eigenvalue weighted by atomic mass is 16.6. The van der Waals surface area contributed by atoms with E-state index in [1.807, 2.05) is 13.0 Å².